The van der Waals surface area contributed by atoms with Crippen molar-refractivity contribution in [1.29, 1.82) is 0 Å². The lowest BCUT2D eigenvalue weighted by molar-refractivity contribution is -0.145. The molecule has 0 aliphatic carbocycles. The van der Waals surface area contributed by atoms with Gasteiger partial charge in [-0.05, 0) is 37.6 Å². The van der Waals surface area contributed by atoms with E-state index in [4.69, 9.17) is 18.9 Å². The molecule has 1 aliphatic rings. The smallest absolute Gasteiger partial charge is 0.327 e. The van der Waals surface area contributed by atoms with Gasteiger partial charge in [0.25, 0.3) is 0 Å². The van der Waals surface area contributed by atoms with Crippen molar-refractivity contribution >= 4 is 5.97 Å². The van der Waals surface area contributed by atoms with Gasteiger partial charge in [-0.3, -0.25) is 0 Å². The summed E-state index contributed by atoms with van der Waals surface area (Å²) < 4.78 is 21.2. The molecule has 21 heavy (non-hydrogen) atoms. The molecular weight excluding hydrogens is 274 g/mol. The van der Waals surface area contributed by atoms with E-state index in [1.807, 2.05) is 6.92 Å². The molecule has 6 nitrogen and oxygen atoms in total. The number of hydrogen-bond donors (Lipinski definition) is 1. The van der Waals surface area contributed by atoms with E-state index in [0.717, 1.165) is 12.0 Å². The van der Waals surface area contributed by atoms with Crippen LogP contribution in [0.25, 0.3) is 0 Å². The number of nitrogens with one attached hydrogen (secondary N) is 1. The Hall–Kier alpha value is -1.95. The molecule has 1 aliphatic heterocycles. The number of fused-ring (bicyclic) bond motifs is 1. The second kappa shape index (κ2) is 7.17. The first-order valence-electron chi connectivity index (χ1n) is 7.08. The van der Waals surface area contributed by atoms with Gasteiger partial charge in [0.2, 0.25) is 12.5 Å². The molecule has 0 aromatic heterocycles. The monoisotopic (exact) mass is 295 g/mol. The Morgan fingerprint density at radius 1 is 1.38 bits per heavy atom. The van der Waals surface area contributed by atoms with E-state index >= 15 is 0 Å². The largest absolute Gasteiger partial charge is 0.493 e. The zero-order valence-electron chi connectivity index (χ0n) is 12.6. The molecule has 0 radical (unpaired) electrons. The lowest BCUT2D eigenvalue weighted by Crippen LogP contribution is -2.30. The summed E-state index contributed by atoms with van der Waals surface area (Å²) in [4.78, 5) is 12.2. The molecule has 2 rings (SSSR count). The number of ether oxygens (including phenoxy) is 4. The Morgan fingerprint density at radius 3 is 2.86 bits per heavy atom. The number of carbonyl (C=O) groups is 1. The molecule has 1 aromatic rings. The van der Waals surface area contributed by atoms with Gasteiger partial charge < -0.3 is 24.3 Å². The molecule has 1 heterocycles. The summed E-state index contributed by atoms with van der Waals surface area (Å²) >= 11 is 0. The average molecular weight is 295 g/mol. The molecule has 0 amide bonds. The highest BCUT2D eigenvalue weighted by molar-refractivity contribution is 5.78. The molecule has 0 spiro atoms. The van der Waals surface area contributed by atoms with Crippen LogP contribution in [0.2, 0.25) is 0 Å². The van der Waals surface area contributed by atoms with E-state index < -0.39 is 6.04 Å². The summed E-state index contributed by atoms with van der Waals surface area (Å²) in [6.45, 7) is 5.02. The van der Waals surface area contributed by atoms with Gasteiger partial charge >= 0.3 is 5.97 Å². The number of esters is 1. The number of rotatable bonds is 7. The van der Waals surface area contributed by atoms with Gasteiger partial charge in [-0.15, -0.1) is 0 Å². The zero-order valence-corrected chi connectivity index (χ0v) is 12.6. The van der Waals surface area contributed by atoms with Gasteiger partial charge in [-0.1, -0.05) is 6.92 Å². The molecule has 0 saturated heterocycles. The quantitative estimate of drug-likeness (QED) is 0.776. The zero-order chi connectivity index (χ0) is 15.2. The van der Waals surface area contributed by atoms with Gasteiger partial charge in [0, 0.05) is 0 Å². The fraction of sp³-hybridized carbons (Fsp3) is 0.533. The third-order valence-corrected chi connectivity index (χ3v) is 3.13. The van der Waals surface area contributed by atoms with Gasteiger partial charge in [0.15, 0.2) is 11.5 Å². The van der Waals surface area contributed by atoms with Gasteiger partial charge in [-0.25, -0.2) is 4.79 Å². The van der Waals surface area contributed by atoms with Crippen LogP contribution < -0.4 is 19.5 Å². The normalized spacial score (nSPS) is 13.9. The van der Waals surface area contributed by atoms with Crippen molar-refractivity contribution < 1.29 is 23.7 Å². The lowest BCUT2D eigenvalue weighted by Gasteiger charge is -2.18. The summed E-state index contributed by atoms with van der Waals surface area (Å²) in [5, 5.41) is 3.19. The van der Waals surface area contributed by atoms with Gasteiger partial charge in [-0.2, -0.15) is 0 Å². The number of benzene rings is 1. The Morgan fingerprint density at radius 2 is 2.19 bits per heavy atom. The van der Waals surface area contributed by atoms with Crippen molar-refractivity contribution in [3.63, 3.8) is 0 Å². The molecule has 0 fully saturated rings. The van der Waals surface area contributed by atoms with E-state index in [0.29, 0.717) is 30.4 Å². The van der Waals surface area contributed by atoms with Crippen LogP contribution in [-0.4, -0.2) is 33.0 Å². The van der Waals surface area contributed by atoms with Crippen LogP contribution in [0.4, 0.5) is 0 Å². The minimum Gasteiger partial charge on any atom is -0.493 e. The second-order valence-electron chi connectivity index (χ2n) is 4.60. The highest BCUT2D eigenvalue weighted by atomic mass is 16.7. The van der Waals surface area contributed by atoms with Gasteiger partial charge in [0.1, 0.15) is 6.04 Å². The van der Waals surface area contributed by atoms with E-state index in [1.54, 1.807) is 26.2 Å². The topological polar surface area (TPSA) is 66.0 Å². The fourth-order valence-electron chi connectivity index (χ4n) is 2.17. The van der Waals surface area contributed by atoms with Crippen LogP contribution in [0.1, 0.15) is 31.9 Å². The van der Waals surface area contributed by atoms with E-state index in [9.17, 15) is 4.79 Å². The predicted molar refractivity (Wildman–Crippen MR) is 76.8 cm³/mol. The van der Waals surface area contributed by atoms with Crippen molar-refractivity contribution in [1.82, 2.24) is 5.32 Å². The average Bonchev–Trinajstić information content (AvgIpc) is 2.95. The summed E-state index contributed by atoms with van der Waals surface area (Å²) in [5.74, 6) is 1.38. The van der Waals surface area contributed by atoms with Crippen LogP contribution in [0.15, 0.2) is 12.1 Å². The van der Waals surface area contributed by atoms with Crippen LogP contribution in [0.5, 0.6) is 17.2 Å². The minimum absolute atomic E-state index is 0.154. The number of carbonyl (C=O) groups excluding carboxylic acids is 1. The molecule has 1 N–H and O–H groups in total. The third kappa shape index (κ3) is 3.39. The van der Waals surface area contributed by atoms with Crippen LogP contribution in [0.3, 0.4) is 0 Å². The Bertz CT molecular complexity index is 503. The SMILES string of the molecule is CCCNC(C(=O)OCC)c1cc(OC)c2c(c1)OCO2. The standard InChI is InChI=1S/C15H21NO5/c1-4-6-16-13(15(17)19-5-2)10-7-11(18-3)14-12(8-10)20-9-21-14/h7-8,13,16H,4-6,9H2,1-3H3. The van der Waals surface area contributed by atoms with E-state index in [-0.39, 0.29) is 12.8 Å². The summed E-state index contributed by atoms with van der Waals surface area (Å²) in [6, 6.07) is 3.01. The molecule has 1 atom stereocenters. The predicted octanol–water partition coefficient (Wildman–Crippen LogP) is 2.03. The van der Waals surface area contributed by atoms with Crippen molar-refractivity contribution in [3.05, 3.63) is 17.7 Å². The molecular formula is C15H21NO5. The Balaban J connectivity index is 2.32. The van der Waals surface area contributed by atoms with Crippen LogP contribution in [0, 0.1) is 0 Å². The van der Waals surface area contributed by atoms with E-state index in [2.05, 4.69) is 5.32 Å². The van der Waals surface area contributed by atoms with Crippen molar-refractivity contribution in [3.8, 4) is 17.2 Å². The van der Waals surface area contributed by atoms with Crippen molar-refractivity contribution in [2.45, 2.75) is 26.3 Å². The fourth-order valence-corrected chi connectivity index (χ4v) is 2.17. The molecule has 1 aromatic carbocycles. The third-order valence-electron chi connectivity index (χ3n) is 3.13. The molecule has 6 heteroatoms. The first kappa shape index (κ1) is 15.4. The Kier molecular flexibility index (Phi) is 5.27. The second-order valence-corrected chi connectivity index (χ2v) is 4.60. The number of methoxy groups -OCH3 is 1. The first-order chi connectivity index (χ1) is 10.2. The molecule has 0 saturated carbocycles. The van der Waals surface area contributed by atoms with Crippen LogP contribution >= 0.6 is 0 Å². The first-order valence-corrected chi connectivity index (χ1v) is 7.08. The lowest BCUT2D eigenvalue weighted by atomic mass is 10.1. The maximum Gasteiger partial charge on any atom is 0.327 e. The van der Waals surface area contributed by atoms with Gasteiger partial charge in [0.05, 0.1) is 13.7 Å². The number of hydrogen-bond acceptors (Lipinski definition) is 6. The Labute approximate surface area is 124 Å². The molecule has 0 bridgehead atoms. The summed E-state index contributed by atoms with van der Waals surface area (Å²) in [6.07, 6.45) is 0.914. The maximum absolute atomic E-state index is 12.2. The highest BCUT2D eigenvalue weighted by Gasteiger charge is 2.27. The summed E-state index contributed by atoms with van der Waals surface area (Å²) in [5.41, 5.74) is 0.739. The van der Waals surface area contributed by atoms with Crippen molar-refractivity contribution in [2.75, 3.05) is 27.1 Å². The van der Waals surface area contributed by atoms with E-state index in [1.165, 1.54) is 0 Å². The highest BCUT2D eigenvalue weighted by Crippen LogP contribution is 2.43. The van der Waals surface area contributed by atoms with Crippen LogP contribution in [-0.2, 0) is 9.53 Å². The summed E-state index contributed by atoms with van der Waals surface area (Å²) in [7, 11) is 1.56. The minimum atomic E-state index is -0.548. The molecule has 116 valence electrons. The molecule has 1 unspecified atom stereocenters. The van der Waals surface area contributed by atoms with Crippen molar-refractivity contribution in [2.24, 2.45) is 0 Å². The maximum atomic E-state index is 12.2.